The SMILES string of the molecule is O=C(NC1CCC(Nc2cc(C(F)(F)F)nc3ccc(Cl)cc23)CC1)c1cc2cc(F)ccc2o1. The Kier molecular flexibility index (Phi) is 6.04. The van der Waals surface area contributed by atoms with E-state index < -0.39 is 17.7 Å². The molecule has 5 nitrogen and oxygen atoms in total. The standard InChI is InChI=1S/C25H20ClF4N3O2/c26-14-1-7-19-18(11-14)20(12-23(33-19)25(28,29)30)31-16-3-5-17(6-4-16)32-24(34)22-10-13-9-15(27)2-8-21(13)35-22/h1-2,7-12,16-17H,3-6H2,(H,31,33)(H,32,34). The van der Waals surface area contributed by atoms with Crippen molar-refractivity contribution < 1.29 is 26.8 Å². The van der Waals surface area contributed by atoms with Crippen LogP contribution in [0.4, 0.5) is 23.2 Å². The molecule has 1 aliphatic rings. The molecule has 0 aliphatic heterocycles. The molecular weight excluding hydrogens is 486 g/mol. The van der Waals surface area contributed by atoms with Crippen molar-refractivity contribution in [1.29, 1.82) is 0 Å². The fraction of sp³-hybridized carbons (Fsp3) is 0.280. The van der Waals surface area contributed by atoms with Crippen LogP contribution in [0.2, 0.25) is 5.02 Å². The van der Waals surface area contributed by atoms with Crippen LogP contribution in [0, 0.1) is 5.82 Å². The summed E-state index contributed by atoms with van der Waals surface area (Å²) in [5, 5.41) is 7.58. The van der Waals surface area contributed by atoms with E-state index in [1.807, 2.05) is 0 Å². The Bertz CT molecular complexity index is 1410. The number of furan rings is 1. The van der Waals surface area contributed by atoms with Gasteiger partial charge in [0.25, 0.3) is 5.91 Å². The van der Waals surface area contributed by atoms with E-state index in [1.165, 1.54) is 36.4 Å². The predicted octanol–water partition coefficient (Wildman–Crippen LogP) is 6.95. The number of amides is 1. The highest BCUT2D eigenvalue weighted by Gasteiger charge is 2.34. The molecule has 35 heavy (non-hydrogen) atoms. The first-order valence-electron chi connectivity index (χ1n) is 11.1. The van der Waals surface area contributed by atoms with Crippen LogP contribution in [0.5, 0.6) is 0 Å². The van der Waals surface area contributed by atoms with E-state index in [-0.39, 0.29) is 29.3 Å². The molecule has 2 aromatic carbocycles. The molecule has 0 radical (unpaired) electrons. The number of carbonyl (C=O) groups is 1. The second kappa shape index (κ2) is 9.03. The fourth-order valence-electron chi connectivity index (χ4n) is 4.45. The number of carbonyl (C=O) groups excluding carboxylic acids is 1. The predicted molar refractivity (Wildman–Crippen MR) is 125 cm³/mol. The Morgan fingerprint density at radius 1 is 1.00 bits per heavy atom. The lowest BCUT2D eigenvalue weighted by molar-refractivity contribution is -0.140. The zero-order valence-corrected chi connectivity index (χ0v) is 19.0. The second-order valence-electron chi connectivity index (χ2n) is 8.67. The van der Waals surface area contributed by atoms with Gasteiger partial charge >= 0.3 is 6.18 Å². The zero-order chi connectivity index (χ0) is 24.7. The van der Waals surface area contributed by atoms with Gasteiger partial charge in [0.2, 0.25) is 0 Å². The summed E-state index contributed by atoms with van der Waals surface area (Å²) in [5.41, 5.74) is -0.0148. The maximum Gasteiger partial charge on any atom is 0.433 e. The van der Waals surface area contributed by atoms with E-state index >= 15 is 0 Å². The molecular formula is C25H20ClF4N3O2. The molecule has 2 heterocycles. The van der Waals surface area contributed by atoms with Gasteiger partial charge in [-0.05, 0) is 74.2 Å². The topological polar surface area (TPSA) is 67.2 Å². The van der Waals surface area contributed by atoms with Crippen LogP contribution < -0.4 is 10.6 Å². The fourth-order valence-corrected chi connectivity index (χ4v) is 4.62. The highest BCUT2D eigenvalue weighted by atomic mass is 35.5. The Balaban J connectivity index is 1.26. The molecule has 0 spiro atoms. The summed E-state index contributed by atoms with van der Waals surface area (Å²) in [4.78, 5) is 16.3. The molecule has 182 valence electrons. The molecule has 2 N–H and O–H groups in total. The molecule has 2 aromatic heterocycles. The lowest BCUT2D eigenvalue weighted by Gasteiger charge is -2.30. The highest BCUT2D eigenvalue weighted by molar-refractivity contribution is 6.31. The molecule has 5 rings (SSSR count). The number of pyridine rings is 1. The van der Waals surface area contributed by atoms with Crippen molar-refractivity contribution in [2.45, 2.75) is 43.9 Å². The number of hydrogen-bond donors (Lipinski definition) is 2. The van der Waals surface area contributed by atoms with Crippen LogP contribution in [-0.2, 0) is 6.18 Å². The minimum Gasteiger partial charge on any atom is -0.451 e. The number of hydrogen-bond acceptors (Lipinski definition) is 4. The van der Waals surface area contributed by atoms with Crippen LogP contribution >= 0.6 is 11.6 Å². The average Bonchev–Trinajstić information content (AvgIpc) is 3.23. The second-order valence-corrected chi connectivity index (χ2v) is 9.11. The van der Waals surface area contributed by atoms with E-state index in [1.54, 1.807) is 6.07 Å². The van der Waals surface area contributed by atoms with Gasteiger partial charge in [0.15, 0.2) is 5.76 Å². The molecule has 0 unspecified atom stereocenters. The molecule has 1 saturated carbocycles. The summed E-state index contributed by atoms with van der Waals surface area (Å²) in [7, 11) is 0. The molecule has 1 aliphatic carbocycles. The third-order valence-electron chi connectivity index (χ3n) is 6.19. The maximum absolute atomic E-state index is 13.4. The van der Waals surface area contributed by atoms with Gasteiger partial charge in [-0.1, -0.05) is 11.6 Å². The number of halogens is 5. The van der Waals surface area contributed by atoms with Crippen LogP contribution in [0.3, 0.4) is 0 Å². The van der Waals surface area contributed by atoms with E-state index in [2.05, 4.69) is 15.6 Å². The lowest BCUT2D eigenvalue weighted by Crippen LogP contribution is -2.40. The molecule has 10 heteroatoms. The van der Waals surface area contributed by atoms with Gasteiger partial charge in [0.1, 0.15) is 17.1 Å². The molecule has 1 fully saturated rings. The number of alkyl halides is 3. The van der Waals surface area contributed by atoms with Crippen LogP contribution in [0.15, 0.2) is 52.9 Å². The van der Waals surface area contributed by atoms with Gasteiger partial charge in [-0.25, -0.2) is 9.37 Å². The summed E-state index contributed by atoms with van der Waals surface area (Å²) in [6, 6.07) is 10.9. The van der Waals surface area contributed by atoms with Gasteiger partial charge in [-0.2, -0.15) is 13.2 Å². The van der Waals surface area contributed by atoms with Crippen molar-refractivity contribution in [2.24, 2.45) is 0 Å². The van der Waals surface area contributed by atoms with E-state index in [9.17, 15) is 22.4 Å². The molecule has 0 bridgehead atoms. The van der Waals surface area contributed by atoms with Crippen molar-refractivity contribution in [3.8, 4) is 0 Å². The summed E-state index contributed by atoms with van der Waals surface area (Å²) in [6.07, 6.45) is -2.03. The van der Waals surface area contributed by atoms with Gasteiger partial charge in [0, 0.05) is 33.6 Å². The largest absolute Gasteiger partial charge is 0.451 e. The minimum absolute atomic E-state index is 0.0806. The number of benzene rings is 2. The first kappa shape index (κ1) is 23.4. The highest BCUT2D eigenvalue weighted by Crippen LogP contribution is 2.35. The van der Waals surface area contributed by atoms with Crippen molar-refractivity contribution in [3.63, 3.8) is 0 Å². The van der Waals surface area contributed by atoms with E-state index in [0.29, 0.717) is 52.7 Å². The van der Waals surface area contributed by atoms with E-state index in [4.69, 9.17) is 16.0 Å². The minimum atomic E-state index is -4.57. The van der Waals surface area contributed by atoms with Gasteiger partial charge < -0.3 is 15.1 Å². The Morgan fingerprint density at radius 3 is 2.49 bits per heavy atom. The molecule has 0 atom stereocenters. The monoisotopic (exact) mass is 505 g/mol. The summed E-state index contributed by atoms with van der Waals surface area (Å²) in [6.45, 7) is 0. The number of nitrogens with zero attached hydrogens (tertiary/aromatic N) is 1. The number of fused-ring (bicyclic) bond motifs is 2. The van der Waals surface area contributed by atoms with Crippen LogP contribution in [0.25, 0.3) is 21.9 Å². The number of nitrogens with one attached hydrogen (secondary N) is 2. The Labute approximate surface area is 202 Å². The van der Waals surface area contributed by atoms with Crippen molar-refractivity contribution in [1.82, 2.24) is 10.3 Å². The third kappa shape index (κ3) is 5.05. The zero-order valence-electron chi connectivity index (χ0n) is 18.3. The van der Waals surface area contributed by atoms with Gasteiger partial charge in [-0.15, -0.1) is 0 Å². The quantitative estimate of drug-likeness (QED) is 0.295. The van der Waals surface area contributed by atoms with Crippen molar-refractivity contribution in [3.05, 3.63) is 70.8 Å². The van der Waals surface area contributed by atoms with Crippen LogP contribution in [0.1, 0.15) is 41.9 Å². The number of aromatic nitrogens is 1. The Hall–Kier alpha value is -3.33. The molecule has 4 aromatic rings. The van der Waals surface area contributed by atoms with Crippen LogP contribution in [-0.4, -0.2) is 23.0 Å². The smallest absolute Gasteiger partial charge is 0.433 e. The molecule has 0 saturated heterocycles. The van der Waals surface area contributed by atoms with Gasteiger partial charge in [-0.3, -0.25) is 4.79 Å². The molecule has 1 amide bonds. The first-order chi connectivity index (χ1) is 16.7. The normalized spacial score (nSPS) is 18.7. The lowest BCUT2D eigenvalue weighted by atomic mass is 9.90. The number of anilines is 1. The number of rotatable bonds is 4. The van der Waals surface area contributed by atoms with Crippen molar-refractivity contribution >= 4 is 45.1 Å². The summed E-state index contributed by atoms with van der Waals surface area (Å²) in [5.74, 6) is -0.698. The van der Waals surface area contributed by atoms with Crippen molar-refractivity contribution in [2.75, 3.05) is 5.32 Å². The first-order valence-corrected chi connectivity index (χ1v) is 11.5. The third-order valence-corrected chi connectivity index (χ3v) is 6.42. The maximum atomic E-state index is 13.4. The van der Waals surface area contributed by atoms with Gasteiger partial charge in [0.05, 0.1) is 5.52 Å². The summed E-state index contributed by atoms with van der Waals surface area (Å²) < 4.78 is 59.0. The van der Waals surface area contributed by atoms with E-state index in [0.717, 1.165) is 6.07 Å². The summed E-state index contributed by atoms with van der Waals surface area (Å²) >= 11 is 6.07. The average molecular weight is 506 g/mol. The Morgan fingerprint density at radius 2 is 1.74 bits per heavy atom.